The number of nitrogens with zero attached hydrogens (tertiary/aromatic N) is 2. The summed E-state index contributed by atoms with van der Waals surface area (Å²) in [5, 5.41) is 0. The van der Waals surface area contributed by atoms with Crippen molar-refractivity contribution in [2.24, 2.45) is 0 Å². The Balaban J connectivity index is 1.88. The maximum atomic E-state index is 11.3. The fraction of sp³-hybridized carbons (Fsp3) is 0.176. The van der Waals surface area contributed by atoms with Crippen LogP contribution in [0.2, 0.25) is 0 Å². The van der Waals surface area contributed by atoms with Crippen LogP contribution in [0.1, 0.15) is 21.6 Å². The third-order valence-corrected chi connectivity index (χ3v) is 3.68. The Morgan fingerprint density at radius 1 is 1.23 bits per heavy atom. The van der Waals surface area contributed by atoms with Gasteiger partial charge in [0.2, 0.25) is 0 Å². The SMILES string of the molecule is COc1ccc(OCc2ccc3cnccn23)c(C=O)c1C. The number of benzene rings is 1. The zero-order valence-corrected chi connectivity index (χ0v) is 12.4. The molecule has 0 aliphatic carbocycles. The molecule has 0 atom stereocenters. The largest absolute Gasteiger partial charge is 0.496 e. The first kappa shape index (κ1) is 14.1. The average Bonchev–Trinajstić information content (AvgIpc) is 2.96. The maximum Gasteiger partial charge on any atom is 0.154 e. The molecule has 3 aromatic rings. The number of carbonyl (C=O) groups excluding carboxylic acids is 1. The molecule has 0 amide bonds. The second-order valence-electron chi connectivity index (χ2n) is 4.91. The van der Waals surface area contributed by atoms with E-state index in [4.69, 9.17) is 9.47 Å². The van der Waals surface area contributed by atoms with Gasteiger partial charge in [-0.25, -0.2) is 0 Å². The standard InChI is InChI=1S/C17H16N2O3/c1-12-15(10-20)17(6-5-16(12)21-2)22-11-14-4-3-13-9-18-7-8-19(13)14/h3-10H,11H2,1-2H3. The fourth-order valence-electron chi connectivity index (χ4n) is 2.47. The van der Waals surface area contributed by atoms with Crippen LogP contribution in [0.5, 0.6) is 11.5 Å². The predicted molar refractivity (Wildman–Crippen MR) is 82.6 cm³/mol. The van der Waals surface area contributed by atoms with Crippen molar-refractivity contribution >= 4 is 11.8 Å². The second kappa shape index (κ2) is 5.89. The molecular weight excluding hydrogens is 280 g/mol. The fourth-order valence-corrected chi connectivity index (χ4v) is 2.47. The summed E-state index contributed by atoms with van der Waals surface area (Å²) < 4.78 is 13.1. The van der Waals surface area contributed by atoms with E-state index in [1.807, 2.05) is 29.7 Å². The minimum absolute atomic E-state index is 0.366. The lowest BCUT2D eigenvalue weighted by molar-refractivity contribution is 0.111. The van der Waals surface area contributed by atoms with E-state index in [0.29, 0.717) is 23.7 Å². The van der Waals surface area contributed by atoms with Gasteiger partial charge < -0.3 is 13.9 Å². The van der Waals surface area contributed by atoms with Gasteiger partial charge in [0.15, 0.2) is 6.29 Å². The topological polar surface area (TPSA) is 52.8 Å². The van der Waals surface area contributed by atoms with Gasteiger partial charge in [0, 0.05) is 18.0 Å². The molecule has 0 radical (unpaired) electrons. The van der Waals surface area contributed by atoms with Crippen LogP contribution in [0.15, 0.2) is 42.9 Å². The molecule has 5 heteroatoms. The Kier molecular flexibility index (Phi) is 3.78. The maximum absolute atomic E-state index is 11.3. The van der Waals surface area contributed by atoms with Gasteiger partial charge >= 0.3 is 0 Å². The van der Waals surface area contributed by atoms with E-state index < -0.39 is 0 Å². The van der Waals surface area contributed by atoms with E-state index in [2.05, 4.69) is 4.98 Å². The molecule has 0 saturated heterocycles. The zero-order chi connectivity index (χ0) is 15.5. The average molecular weight is 296 g/mol. The quantitative estimate of drug-likeness (QED) is 0.679. The molecule has 0 bridgehead atoms. The number of aldehydes is 1. The van der Waals surface area contributed by atoms with E-state index in [-0.39, 0.29) is 0 Å². The smallest absolute Gasteiger partial charge is 0.154 e. The molecule has 3 rings (SSSR count). The third kappa shape index (κ3) is 2.41. The lowest BCUT2D eigenvalue weighted by Crippen LogP contribution is -2.03. The van der Waals surface area contributed by atoms with Crippen molar-refractivity contribution in [2.75, 3.05) is 7.11 Å². The van der Waals surface area contributed by atoms with Gasteiger partial charge in [-0.1, -0.05) is 0 Å². The molecule has 5 nitrogen and oxygen atoms in total. The molecule has 0 saturated carbocycles. The Morgan fingerprint density at radius 2 is 2.05 bits per heavy atom. The number of carbonyl (C=O) groups is 1. The van der Waals surface area contributed by atoms with Crippen LogP contribution in [0.4, 0.5) is 0 Å². The Labute approximate surface area is 128 Å². The zero-order valence-electron chi connectivity index (χ0n) is 12.4. The summed E-state index contributed by atoms with van der Waals surface area (Å²) in [5.41, 5.74) is 3.28. The first-order chi connectivity index (χ1) is 10.7. The Bertz CT molecular complexity index is 824. The first-order valence-corrected chi connectivity index (χ1v) is 6.90. The third-order valence-electron chi connectivity index (χ3n) is 3.68. The Morgan fingerprint density at radius 3 is 2.82 bits per heavy atom. The first-order valence-electron chi connectivity index (χ1n) is 6.90. The number of rotatable bonds is 5. The van der Waals surface area contributed by atoms with Crippen molar-refractivity contribution < 1.29 is 14.3 Å². The van der Waals surface area contributed by atoms with Crippen molar-refractivity contribution in [3.05, 3.63) is 59.7 Å². The number of fused-ring (bicyclic) bond motifs is 1. The van der Waals surface area contributed by atoms with Crippen molar-refractivity contribution in [3.63, 3.8) is 0 Å². The monoisotopic (exact) mass is 296 g/mol. The molecular formula is C17H16N2O3. The summed E-state index contributed by atoms with van der Waals surface area (Å²) in [5.74, 6) is 1.23. The van der Waals surface area contributed by atoms with E-state index in [0.717, 1.165) is 23.1 Å². The van der Waals surface area contributed by atoms with Gasteiger partial charge in [-0.2, -0.15) is 0 Å². The lowest BCUT2D eigenvalue weighted by atomic mass is 10.1. The van der Waals surface area contributed by atoms with Crippen molar-refractivity contribution in [1.29, 1.82) is 0 Å². The van der Waals surface area contributed by atoms with Crippen LogP contribution in [0.25, 0.3) is 5.52 Å². The van der Waals surface area contributed by atoms with Gasteiger partial charge in [0.1, 0.15) is 18.1 Å². The van der Waals surface area contributed by atoms with Crippen molar-refractivity contribution in [3.8, 4) is 11.5 Å². The summed E-state index contributed by atoms with van der Waals surface area (Å²) >= 11 is 0. The predicted octanol–water partition coefficient (Wildman–Crippen LogP) is 3.04. The van der Waals surface area contributed by atoms with Crippen LogP contribution >= 0.6 is 0 Å². The molecule has 2 aromatic heterocycles. The van der Waals surface area contributed by atoms with Gasteiger partial charge in [-0.15, -0.1) is 0 Å². The van der Waals surface area contributed by atoms with Crippen molar-refractivity contribution in [2.45, 2.75) is 13.5 Å². The molecule has 1 aromatic carbocycles. The van der Waals surface area contributed by atoms with Crippen molar-refractivity contribution in [1.82, 2.24) is 9.38 Å². The van der Waals surface area contributed by atoms with Gasteiger partial charge in [-0.3, -0.25) is 9.78 Å². The highest BCUT2D eigenvalue weighted by Gasteiger charge is 2.12. The Hall–Kier alpha value is -2.82. The minimum atomic E-state index is 0.366. The summed E-state index contributed by atoms with van der Waals surface area (Å²) in [4.78, 5) is 15.4. The number of ether oxygens (including phenoxy) is 2. The highest BCUT2D eigenvalue weighted by molar-refractivity contribution is 5.83. The van der Waals surface area contributed by atoms with Gasteiger partial charge in [-0.05, 0) is 31.2 Å². The highest BCUT2D eigenvalue weighted by Crippen LogP contribution is 2.29. The van der Waals surface area contributed by atoms with Gasteiger partial charge in [0.25, 0.3) is 0 Å². The molecule has 0 N–H and O–H groups in total. The lowest BCUT2D eigenvalue weighted by Gasteiger charge is -2.13. The van der Waals surface area contributed by atoms with Crippen LogP contribution in [0.3, 0.4) is 0 Å². The van der Waals surface area contributed by atoms with Crippen LogP contribution in [0, 0.1) is 6.92 Å². The normalized spacial score (nSPS) is 10.6. The van der Waals surface area contributed by atoms with E-state index in [9.17, 15) is 4.79 Å². The van der Waals surface area contributed by atoms with E-state index in [1.165, 1.54) is 0 Å². The van der Waals surface area contributed by atoms with Gasteiger partial charge in [0.05, 0.1) is 30.1 Å². The molecule has 0 spiro atoms. The van der Waals surface area contributed by atoms with E-state index in [1.54, 1.807) is 31.6 Å². The van der Waals surface area contributed by atoms with Crippen LogP contribution < -0.4 is 9.47 Å². The number of hydrogen-bond donors (Lipinski definition) is 0. The molecule has 2 heterocycles. The molecule has 22 heavy (non-hydrogen) atoms. The van der Waals surface area contributed by atoms with Crippen LogP contribution in [-0.4, -0.2) is 22.8 Å². The highest BCUT2D eigenvalue weighted by atomic mass is 16.5. The molecule has 0 aliphatic heterocycles. The second-order valence-corrected chi connectivity index (χ2v) is 4.91. The summed E-state index contributed by atoms with van der Waals surface area (Å²) in [6.45, 7) is 2.21. The van der Waals surface area contributed by atoms with E-state index >= 15 is 0 Å². The molecule has 0 fully saturated rings. The molecule has 0 aliphatic rings. The molecule has 112 valence electrons. The number of aromatic nitrogens is 2. The van der Waals surface area contributed by atoms with Crippen LogP contribution in [-0.2, 0) is 6.61 Å². The number of methoxy groups -OCH3 is 1. The molecule has 0 unspecified atom stereocenters. The minimum Gasteiger partial charge on any atom is -0.496 e. The summed E-state index contributed by atoms with van der Waals surface area (Å²) in [6.07, 6.45) is 6.20. The summed E-state index contributed by atoms with van der Waals surface area (Å²) in [7, 11) is 1.58. The number of hydrogen-bond acceptors (Lipinski definition) is 4. The summed E-state index contributed by atoms with van der Waals surface area (Å²) in [6, 6.07) is 7.52.